The molecular weight excluding hydrogens is 308 g/mol. The van der Waals surface area contributed by atoms with E-state index < -0.39 is 0 Å². The number of rotatable bonds is 5. The van der Waals surface area contributed by atoms with Gasteiger partial charge in [-0.25, -0.2) is 5.43 Å². The molecule has 0 bridgehead atoms. The summed E-state index contributed by atoms with van der Waals surface area (Å²) in [6, 6.07) is 0.124. The molecule has 1 aromatic rings. The van der Waals surface area contributed by atoms with Gasteiger partial charge in [-0.1, -0.05) is 20.8 Å². The zero-order valence-corrected chi connectivity index (χ0v) is 14.2. The minimum Gasteiger partial charge on any atom is -0.379 e. The quantitative estimate of drug-likeness (QED) is 0.642. The Labute approximate surface area is 124 Å². The summed E-state index contributed by atoms with van der Waals surface area (Å²) in [6.45, 7) is 10.6. The highest BCUT2D eigenvalue weighted by Gasteiger charge is 2.36. The van der Waals surface area contributed by atoms with Crippen molar-refractivity contribution >= 4 is 15.9 Å². The van der Waals surface area contributed by atoms with Crippen LogP contribution in [0.1, 0.15) is 52.4 Å². The number of hydrogen-bond acceptors (Lipinski definition) is 4. The van der Waals surface area contributed by atoms with Gasteiger partial charge in [0.2, 0.25) is 0 Å². The summed E-state index contributed by atoms with van der Waals surface area (Å²) < 4.78 is 8.58. The van der Waals surface area contributed by atoms with Gasteiger partial charge in [-0.15, -0.1) is 0 Å². The van der Waals surface area contributed by atoms with Crippen molar-refractivity contribution in [3.63, 3.8) is 0 Å². The van der Waals surface area contributed by atoms with E-state index in [1.807, 2.05) is 4.68 Å². The average molecular weight is 333 g/mol. The Kier molecular flexibility index (Phi) is 5.55. The van der Waals surface area contributed by atoms with E-state index in [1.165, 1.54) is 0 Å². The fourth-order valence-corrected chi connectivity index (χ4v) is 2.87. The minimum absolute atomic E-state index is 0.0443. The number of nitrogens with one attached hydrogen (secondary N) is 1. The van der Waals surface area contributed by atoms with E-state index in [2.05, 4.69) is 61.1 Å². The molecule has 1 aromatic heterocycles. The highest BCUT2D eigenvalue weighted by Crippen LogP contribution is 2.35. The smallest absolute Gasteiger partial charge is 0.0906 e. The number of nitrogens with two attached hydrogens (primary N) is 1. The van der Waals surface area contributed by atoms with E-state index in [0.717, 1.165) is 10.2 Å². The number of hydrazine groups is 1. The zero-order valence-electron chi connectivity index (χ0n) is 12.6. The molecule has 0 aliphatic carbocycles. The van der Waals surface area contributed by atoms with E-state index in [0.29, 0.717) is 0 Å². The van der Waals surface area contributed by atoms with Gasteiger partial charge in [0.25, 0.3) is 0 Å². The number of hydrogen-bond donors (Lipinski definition) is 2. The maximum atomic E-state index is 5.78. The molecular formula is C13H25BrN4O. The number of ether oxygens (including phenoxy) is 1. The number of methoxy groups -OCH3 is 1. The predicted octanol–water partition coefficient (Wildman–Crippen LogP) is 2.79. The lowest BCUT2D eigenvalue weighted by Gasteiger charge is -2.36. The topological polar surface area (TPSA) is 65.1 Å². The van der Waals surface area contributed by atoms with Crippen molar-refractivity contribution < 1.29 is 4.74 Å². The molecule has 0 radical (unpaired) electrons. The first-order chi connectivity index (χ1) is 8.73. The van der Waals surface area contributed by atoms with Gasteiger partial charge in [0.05, 0.1) is 28.5 Å². The summed E-state index contributed by atoms with van der Waals surface area (Å²) in [4.78, 5) is 0. The maximum Gasteiger partial charge on any atom is 0.0906 e. The van der Waals surface area contributed by atoms with Gasteiger partial charge in [-0.3, -0.25) is 10.5 Å². The van der Waals surface area contributed by atoms with Gasteiger partial charge in [0.15, 0.2) is 0 Å². The fourth-order valence-electron chi connectivity index (χ4n) is 2.35. The molecule has 0 spiro atoms. The molecule has 1 heterocycles. The lowest BCUT2D eigenvalue weighted by Crippen LogP contribution is -2.45. The molecule has 6 heteroatoms. The molecule has 3 N–H and O–H groups in total. The lowest BCUT2D eigenvalue weighted by atomic mass is 9.83. The van der Waals surface area contributed by atoms with Crippen LogP contribution in [0, 0.1) is 5.41 Å². The second kappa shape index (κ2) is 6.35. The van der Waals surface area contributed by atoms with Crippen molar-refractivity contribution in [1.29, 1.82) is 0 Å². The van der Waals surface area contributed by atoms with Crippen LogP contribution in [0.15, 0.2) is 10.7 Å². The molecule has 1 rings (SSSR count). The van der Waals surface area contributed by atoms with Crippen molar-refractivity contribution in [3.8, 4) is 0 Å². The van der Waals surface area contributed by atoms with Crippen LogP contribution in [0.25, 0.3) is 0 Å². The summed E-state index contributed by atoms with van der Waals surface area (Å²) in [7, 11) is 1.71. The molecule has 110 valence electrons. The second-order valence-corrected chi connectivity index (χ2v) is 6.94. The molecule has 0 fully saturated rings. The fraction of sp³-hybridized carbons (Fsp3) is 0.769. The minimum atomic E-state index is -0.135. The van der Waals surface area contributed by atoms with E-state index in [-0.39, 0.29) is 23.6 Å². The number of halogens is 1. The zero-order chi connectivity index (χ0) is 14.8. The molecule has 0 aliphatic rings. The third kappa shape index (κ3) is 3.56. The summed E-state index contributed by atoms with van der Waals surface area (Å²) in [5, 5.41) is 4.40. The highest BCUT2D eigenvalue weighted by atomic mass is 79.9. The maximum absolute atomic E-state index is 5.78. The number of nitrogens with zero attached hydrogens (tertiary/aromatic N) is 2. The second-order valence-electron chi connectivity index (χ2n) is 6.08. The van der Waals surface area contributed by atoms with Gasteiger partial charge in [-0.05, 0) is 35.2 Å². The number of aromatic nitrogens is 2. The van der Waals surface area contributed by atoms with Gasteiger partial charge in [0.1, 0.15) is 0 Å². The summed E-state index contributed by atoms with van der Waals surface area (Å²) in [5.74, 6) is 5.78. The summed E-state index contributed by atoms with van der Waals surface area (Å²) in [5.41, 5.74) is 3.85. The van der Waals surface area contributed by atoms with Crippen molar-refractivity contribution in [1.82, 2.24) is 15.2 Å². The molecule has 0 saturated carbocycles. The average Bonchev–Trinajstić information content (AvgIpc) is 2.66. The summed E-state index contributed by atoms with van der Waals surface area (Å²) >= 11 is 3.56. The first kappa shape index (κ1) is 16.6. The van der Waals surface area contributed by atoms with Crippen LogP contribution in [-0.4, -0.2) is 23.0 Å². The third-order valence-electron chi connectivity index (χ3n) is 3.16. The van der Waals surface area contributed by atoms with Gasteiger partial charge in [-0.2, -0.15) is 5.10 Å². The Morgan fingerprint density at radius 1 is 1.42 bits per heavy atom. The van der Waals surface area contributed by atoms with Crippen molar-refractivity contribution in [2.45, 2.75) is 52.8 Å². The lowest BCUT2D eigenvalue weighted by molar-refractivity contribution is -0.0145. The van der Waals surface area contributed by atoms with E-state index >= 15 is 0 Å². The van der Waals surface area contributed by atoms with Gasteiger partial charge in [0, 0.05) is 13.2 Å². The standard InChI is InChI=1S/C13H25BrN4O/c1-8(2)18-11(9(14)7-16-18)10(17-15)12(19-6)13(3,4)5/h7-8,10,12,17H,15H2,1-6H3. The Morgan fingerprint density at radius 2 is 2.00 bits per heavy atom. The largest absolute Gasteiger partial charge is 0.379 e. The first-order valence-electron chi connectivity index (χ1n) is 6.45. The molecule has 2 unspecified atom stereocenters. The van der Waals surface area contributed by atoms with Crippen LogP contribution in [-0.2, 0) is 4.74 Å². The van der Waals surface area contributed by atoms with Crippen LogP contribution in [0.5, 0.6) is 0 Å². The van der Waals surface area contributed by atoms with Crippen molar-refractivity contribution in [3.05, 3.63) is 16.4 Å². The van der Waals surface area contributed by atoms with Crippen LogP contribution >= 0.6 is 15.9 Å². The third-order valence-corrected chi connectivity index (χ3v) is 3.77. The molecule has 5 nitrogen and oxygen atoms in total. The monoisotopic (exact) mass is 332 g/mol. The molecule has 0 aliphatic heterocycles. The van der Waals surface area contributed by atoms with E-state index in [9.17, 15) is 0 Å². The SMILES string of the molecule is COC(C(NN)c1c(Br)cnn1C(C)C)C(C)(C)C. The van der Waals surface area contributed by atoms with Crippen LogP contribution in [0.3, 0.4) is 0 Å². The normalized spacial score (nSPS) is 15.8. The molecule has 2 atom stereocenters. The first-order valence-corrected chi connectivity index (χ1v) is 7.25. The van der Waals surface area contributed by atoms with Gasteiger partial charge < -0.3 is 4.74 Å². The van der Waals surface area contributed by atoms with E-state index in [4.69, 9.17) is 10.6 Å². The molecule has 0 saturated heterocycles. The molecule has 19 heavy (non-hydrogen) atoms. The Morgan fingerprint density at radius 3 is 2.37 bits per heavy atom. The Bertz CT molecular complexity index is 411. The van der Waals surface area contributed by atoms with Crippen molar-refractivity contribution in [2.75, 3.05) is 7.11 Å². The van der Waals surface area contributed by atoms with Crippen LogP contribution in [0.2, 0.25) is 0 Å². The highest BCUT2D eigenvalue weighted by molar-refractivity contribution is 9.10. The summed E-state index contributed by atoms with van der Waals surface area (Å²) in [6.07, 6.45) is 1.73. The molecule has 0 amide bonds. The van der Waals surface area contributed by atoms with Crippen LogP contribution < -0.4 is 11.3 Å². The van der Waals surface area contributed by atoms with Gasteiger partial charge >= 0.3 is 0 Å². The Hall–Kier alpha value is -0.430. The van der Waals surface area contributed by atoms with Crippen molar-refractivity contribution in [2.24, 2.45) is 11.3 Å². The molecule has 0 aromatic carbocycles. The Balaban J connectivity index is 3.26. The van der Waals surface area contributed by atoms with E-state index in [1.54, 1.807) is 13.3 Å². The predicted molar refractivity (Wildman–Crippen MR) is 80.6 cm³/mol. The van der Waals surface area contributed by atoms with Crippen LogP contribution in [0.4, 0.5) is 0 Å².